The van der Waals surface area contributed by atoms with Gasteiger partial charge in [0.2, 0.25) is 0 Å². The van der Waals surface area contributed by atoms with Crippen LogP contribution in [0.4, 0.5) is 5.69 Å². The van der Waals surface area contributed by atoms with Crippen molar-refractivity contribution in [3.05, 3.63) is 18.2 Å². The number of benzene rings is 1. The zero-order valence-corrected chi connectivity index (χ0v) is 7.62. The minimum Gasteiger partial charge on any atom is -0.493 e. The first-order valence-electron chi connectivity index (χ1n) is 4.40. The van der Waals surface area contributed by atoms with E-state index >= 15 is 0 Å². The monoisotopic (exact) mass is 179 g/mol. The Hall–Kier alpha value is -1.38. The smallest absolute Gasteiger partial charge is 0.184 e. The van der Waals surface area contributed by atoms with Gasteiger partial charge in [-0.15, -0.1) is 0 Å². The summed E-state index contributed by atoms with van der Waals surface area (Å²) in [4.78, 5) is 0. The Bertz CT molecular complexity index is 308. The SMILES string of the molecule is COc1cccc(N)c1OC1CC1. The number of anilines is 1. The Morgan fingerprint density at radius 2 is 2.15 bits per heavy atom. The molecule has 1 aliphatic rings. The Morgan fingerprint density at radius 3 is 2.77 bits per heavy atom. The highest BCUT2D eigenvalue weighted by Crippen LogP contribution is 2.37. The van der Waals surface area contributed by atoms with E-state index in [-0.39, 0.29) is 0 Å². The minimum absolute atomic E-state index is 0.346. The molecule has 2 N–H and O–H groups in total. The summed E-state index contributed by atoms with van der Waals surface area (Å²) >= 11 is 0. The zero-order valence-electron chi connectivity index (χ0n) is 7.62. The van der Waals surface area contributed by atoms with E-state index in [2.05, 4.69) is 0 Å². The van der Waals surface area contributed by atoms with Crippen LogP contribution in [0.25, 0.3) is 0 Å². The van der Waals surface area contributed by atoms with Gasteiger partial charge in [-0.25, -0.2) is 0 Å². The van der Waals surface area contributed by atoms with Crippen LogP contribution in [0.2, 0.25) is 0 Å². The maximum absolute atomic E-state index is 5.77. The molecule has 3 heteroatoms. The van der Waals surface area contributed by atoms with E-state index < -0.39 is 0 Å². The maximum atomic E-state index is 5.77. The molecule has 1 aromatic carbocycles. The molecule has 1 aromatic rings. The first-order valence-corrected chi connectivity index (χ1v) is 4.40. The predicted octanol–water partition coefficient (Wildman–Crippen LogP) is 1.82. The number of nitrogens with two attached hydrogens (primary N) is 1. The van der Waals surface area contributed by atoms with Crippen LogP contribution in [0.1, 0.15) is 12.8 Å². The second-order valence-electron chi connectivity index (χ2n) is 3.20. The van der Waals surface area contributed by atoms with Crippen LogP contribution in [0.5, 0.6) is 11.5 Å². The van der Waals surface area contributed by atoms with Gasteiger partial charge in [-0.2, -0.15) is 0 Å². The first-order chi connectivity index (χ1) is 6.31. The summed E-state index contributed by atoms with van der Waals surface area (Å²) in [5.41, 5.74) is 6.41. The molecular weight excluding hydrogens is 166 g/mol. The molecule has 0 amide bonds. The number of hydrogen-bond acceptors (Lipinski definition) is 3. The molecule has 1 fully saturated rings. The summed E-state index contributed by atoms with van der Waals surface area (Å²) < 4.78 is 10.8. The van der Waals surface area contributed by atoms with Gasteiger partial charge in [0.1, 0.15) is 0 Å². The van der Waals surface area contributed by atoms with E-state index in [0.717, 1.165) is 12.8 Å². The molecule has 13 heavy (non-hydrogen) atoms. The van der Waals surface area contributed by atoms with Crippen LogP contribution < -0.4 is 15.2 Å². The van der Waals surface area contributed by atoms with E-state index in [1.807, 2.05) is 18.2 Å². The van der Waals surface area contributed by atoms with Crippen LogP contribution in [0.3, 0.4) is 0 Å². The Labute approximate surface area is 77.5 Å². The lowest BCUT2D eigenvalue weighted by Crippen LogP contribution is -2.01. The van der Waals surface area contributed by atoms with Gasteiger partial charge >= 0.3 is 0 Å². The van der Waals surface area contributed by atoms with E-state index in [9.17, 15) is 0 Å². The van der Waals surface area contributed by atoms with Gasteiger partial charge in [0.15, 0.2) is 11.5 Å². The van der Waals surface area contributed by atoms with Gasteiger partial charge in [-0.1, -0.05) is 6.07 Å². The largest absolute Gasteiger partial charge is 0.493 e. The molecule has 3 nitrogen and oxygen atoms in total. The van der Waals surface area contributed by atoms with E-state index in [0.29, 0.717) is 23.3 Å². The van der Waals surface area contributed by atoms with Gasteiger partial charge in [0.25, 0.3) is 0 Å². The van der Waals surface area contributed by atoms with E-state index in [4.69, 9.17) is 15.2 Å². The van der Waals surface area contributed by atoms with Crippen LogP contribution in [0, 0.1) is 0 Å². The third-order valence-electron chi connectivity index (χ3n) is 2.04. The van der Waals surface area contributed by atoms with Crippen molar-refractivity contribution in [2.75, 3.05) is 12.8 Å². The van der Waals surface area contributed by atoms with Crippen LogP contribution in [-0.4, -0.2) is 13.2 Å². The molecular formula is C10H13NO2. The number of ether oxygens (including phenoxy) is 2. The van der Waals surface area contributed by atoms with Crippen LogP contribution in [0.15, 0.2) is 18.2 Å². The van der Waals surface area contributed by atoms with E-state index in [1.54, 1.807) is 7.11 Å². The molecule has 70 valence electrons. The molecule has 0 radical (unpaired) electrons. The minimum atomic E-state index is 0.346. The topological polar surface area (TPSA) is 44.5 Å². The number of para-hydroxylation sites is 1. The van der Waals surface area contributed by atoms with Crippen molar-refractivity contribution in [1.29, 1.82) is 0 Å². The summed E-state index contributed by atoms with van der Waals surface area (Å²) in [5.74, 6) is 1.40. The van der Waals surface area contributed by atoms with Gasteiger partial charge in [0, 0.05) is 0 Å². The molecule has 0 bridgehead atoms. The summed E-state index contributed by atoms with van der Waals surface area (Å²) in [6.07, 6.45) is 2.59. The number of hydrogen-bond donors (Lipinski definition) is 1. The van der Waals surface area contributed by atoms with Crippen molar-refractivity contribution in [2.24, 2.45) is 0 Å². The number of nitrogen functional groups attached to an aromatic ring is 1. The van der Waals surface area contributed by atoms with Gasteiger partial charge in [0.05, 0.1) is 18.9 Å². The summed E-state index contributed by atoms with van der Waals surface area (Å²) in [6, 6.07) is 5.53. The lowest BCUT2D eigenvalue weighted by atomic mass is 10.3. The lowest BCUT2D eigenvalue weighted by molar-refractivity contribution is 0.284. The normalized spacial score (nSPS) is 15.5. The first kappa shape index (κ1) is 8.23. The Balaban J connectivity index is 2.27. The van der Waals surface area contributed by atoms with Crippen LogP contribution >= 0.6 is 0 Å². The van der Waals surface area contributed by atoms with Crippen molar-refractivity contribution in [3.8, 4) is 11.5 Å². The molecule has 0 atom stereocenters. The molecule has 1 saturated carbocycles. The highest BCUT2D eigenvalue weighted by atomic mass is 16.5. The van der Waals surface area contributed by atoms with Crippen molar-refractivity contribution in [2.45, 2.75) is 18.9 Å². The molecule has 0 saturated heterocycles. The Kier molecular flexibility index (Phi) is 2.00. The zero-order chi connectivity index (χ0) is 9.26. The van der Waals surface area contributed by atoms with Crippen LogP contribution in [-0.2, 0) is 0 Å². The van der Waals surface area contributed by atoms with Gasteiger partial charge < -0.3 is 15.2 Å². The molecule has 2 rings (SSSR count). The molecule has 0 aliphatic heterocycles. The predicted molar refractivity (Wildman–Crippen MR) is 51.1 cm³/mol. The Morgan fingerprint density at radius 1 is 1.38 bits per heavy atom. The van der Waals surface area contributed by atoms with Crippen molar-refractivity contribution in [3.63, 3.8) is 0 Å². The molecule has 0 aromatic heterocycles. The third-order valence-corrected chi connectivity index (χ3v) is 2.04. The summed E-state index contributed by atoms with van der Waals surface area (Å²) in [7, 11) is 1.62. The average molecular weight is 179 g/mol. The average Bonchev–Trinajstić information content (AvgIpc) is 2.92. The molecule has 0 unspecified atom stereocenters. The highest BCUT2D eigenvalue weighted by Gasteiger charge is 2.25. The fraction of sp³-hybridized carbons (Fsp3) is 0.400. The summed E-state index contributed by atoms with van der Waals surface area (Å²) in [5, 5.41) is 0. The van der Waals surface area contributed by atoms with Crippen molar-refractivity contribution >= 4 is 5.69 Å². The molecule has 1 aliphatic carbocycles. The van der Waals surface area contributed by atoms with Crippen molar-refractivity contribution < 1.29 is 9.47 Å². The second-order valence-corrected chi connectivity index (χ2v) is 3.20. The fourth-order valence-electron chi connectivity index (χ4n) is 1.17. The molecule has 0 heterocycles. The van der Waals surface area contributed by atoms with Crippen molar-refractivity contribution in [1.82, 2.24) is 0 Å². The lowest BCUT2D eigenvalue weighted by Gasteiger charge is -2.11. The van der Waals surface area contributed by atoms with Gasteiger partial charge in [-0.05, 0) is 25.0 Å². The number of rotatable bonds is 3. The maximum Gasteiger partial charge on any atom is 0.184 e. The quantitative estimate of drug-likeness (QED) is 0.720. The fourth-order valence-corrected chi connectivity index (χ4v) is 1.17. The highest BCUT2D eigenvalue weighted by molar-refractivity contribution is 5.60. The van der Waals surface area contributed by atoms with Gasteiger partial charge in [-0.3, -0.25) is 0 Å². The third kappa shape index (κ3) is 1.69. The molecule has 0 spiro atoms. The standard InChI is InChI=1S/C10H13NO2/c1-12-9-4-2-3-8(11)10(9)13-7-5-6-7/h2-4,7H,5-6,11H2,1H3. The summed E-state index contributed by atoms with van der Waals surface area (Å²) in [6.45, 7) is 0. The second kappa shape index (κ2) is 3.17. The number of methoxy groups -OCH3 is 1. The van der Waals surface area contributed by atoms with E-state index in [1.165, 1.54) is 0 Å².